The van der Waals surface area contributed by atoms with E-state index in [1.807, 2.05) is 0 Å². The Balaban J connectivity index is 2.21. The molecule has 1 unspecified atom stereocenters. The first-order valence-electron chi connectivity index (χ1n) is 3.73. The molecule has 1 aromatic rings. The Labute approximate surface area is 80.3 Å². The lowest BCUT2D eigenvalue weighted by Gasteiger charge is -1.99. The van der Waals surface area contributed by atoms with Crippen molar-refractivity contribution in [1.29, 1.82) is 0 Å². The van der Waals surface area contributed by atoms with Crippen LogP contribution >= 0.6 is 23.2 Å². The first-order chi connectivity index (χ1) is 5.59. The summed E-state index contributed by atoms with van der Waals surface area (Å²) in [5, 5.41) is 0. The lowest BCUT2D eigenvalue weighted by molar-refractivity contribution is 0.627. The van der Waals surface area contributed by atoms with E-state index in [2.05, 4.69) is 0 Å². The van der Waals surface area contributed by atoms with Crippen molar-refractivity contribution in [3.8, 4) is 0 Å². The van der Waals surface area contributed by atoms with E-state index in [1.54, 1.807) is 12.1 Å². The van der Waals surface area contributed by atoms with Crippen LogP contribution < -0.4 is 0 Å². The molecule has 0 spiro atoms. The standard InChI is InChI=1S/C9H7Cl2F/c10-9(11)5-8(9)6-1-3-7(12)4-2-6/h1-4,8H,5H2. The van der Waals surface area contributed by atoms with Crippen LogP contribution in [0.4, 0.5) is 4.39 Å². The molecule has 0 heterocycles. The Morgan fingerprint density at radius 2 is 1.75 bits per heavy atom. The van der Waals surface area contributed by atoms with E-state index >= 15 is 0 Å². The highest BCUT2D eigenvalue weighted by atomic mass is 35.5. The van der Waals surface area contributed by atoms with Gasteiger partial charge in [-0.2, -0.15) is 0 Å². The van der Waals surface area contributed by atoms with Crippen molar-refractivity contribution in [2.75, 3.05) is 0 Å². The zero-order valence-corrected chi connectivity index (χ0v) is 7.74. The average molecular weight is 205 g/mol. The van der Waals surface area contributed by atoms with Crippen molar-refractivity contribution >= 4 is 23.2 Å². The summed E-state index contributed by atoms with van der Waals surface area (Å²) in [5.41, 5.74) is 1.02. The van der Waals surface area contributed by atoms with Crippen LogP contribution in [0.2, 0.25) is 0 Å². The van der Waals surface area contributed by atoms with E-state index < -0.39 is 4.33 Å². The Morgan fingerprint density at radius 3 is 2.17 bits per heavy atom. The molecular formula is C9H7Cl2F. The predicted molar refractivity (Wildman–Crippen MR) is 48.2 cm³/mol. The summed E-state index contributed by atoms with van der Waals surface area (Å²) in [5.74, 6) is -0.0458. The number of hydrogen-bond acceptors (Lipinski definition) is 0. The Bertz CT molecular complexity index is 292. The van der Waals surface area contributed by atoms with Gasteiger partial charge in [-0.25, -0.2) is 4.39 Å². The maximum absolute atomic E-state index is 12.5. The van der Waals surface area contributed by atoms with Crippen LogP contribution in [-0.2, 0) is 0 Å². The minimum Gasteiger partial charge on any atom is -0.207 e. The third kappa shape index (κ3) is 1.44. The van der Waals surface area contributed by atoms with Gasteiger partial charge in [0, 0.05) is 5.92 Å². The fraction of sp³-hybridized carbons (Fsp3) is 0.333. The van der Waals surface area contributed by atoms with E-state index in [-0.39, 0.29) is 11.7 Å². The Kier molecular flexibility index (Phi) is 1.81. The molecule has 0 aliphatic heterocycles. The predicted octanol–water partition coefficient (Wildman–Crippen LogP) is 3.49. The fourth-order valence-corrected chi connectivity index (χ4v) is 1.83. The zero-order valence-electron chi connectivity index (χ0n) is 6.23. The summed E-state index contributed by atoms with van der Waals surface area (Å²) in [6, 6.07) is 6.31. The lowest BCUT2D eigenvalue weighted by Crippen LogP contribution is -1.89. The second-order valence-electron chi connectivity index (χ2n) is 3.07. The fourth-order valence-electron chi connectivity index (χ4n) is 1.27. The molecule has 1 aliphatic rings. The minimum absolute atomic E-state index is 0.182. The van der Waals surface area contributed by atoms with Crippen LogP contribution in [-0.4, -0.2) is 4.33 Å². The number of halogens is 3. The molecule has 0 N–H and O–H groups in total. The molecule has 64 valence electrons. The minimum atomic E-state index is -0.613. The summed E-state index contributed by atoms with van der Waals surface area (Å²) in [4.78, 5) is 0. The van der Waals surface area contributed by atoms with Gasteiger partial charge >= 0.3 is 0 Å². The molecule has 0 aromatic heterocycles. The van der Waals surface area contributed by atoms with Gasteiger partial charge in [-0.1, -0.05) is 12.1 Å². The molecule has 1 aliphatic carbocycles. The lowest BCUT2D eigenvalue weighted by atomic mass is 10.1. The van der Waals surface area contributed by atoms with E-state index in [1.165, 1.54) is 12.1 Å². The normalized spacial score (nSPS) is 25.4. The number of benzene rings is 1. The first-order valence-corrected chi connectivity index (χ1v) is 4.48. The maximum Gasteiger partial charge on any atom is 0.125 e. The van der Waals surface area contributed by atoms with Crippen LogP contribution in [0.25, 0.3) is 0 Å². The van der Waals surface area contributed by atoms with E-state index in [9.17, 15) is 4.39 Å². The topological polar surface area (TPSA) is 0 Å². The molecule has 0 radical (unpaired) electrons. The molecule has 1 fully saturated rings. The monoisotopic (exact) mass is 204 g/mol. The smallest absolute Gasteiger partial charge is 0.125 e. The van der Waals surface area contributed by atoms with Crippen molar-refractivity contribution in [3.05, 3.63) is 35.6 Å². The van der Waals surface area contributed by atoms with Gasteiger partial charge in [-0.05, 0) is 24.1 Å². The zero-order chi connectivity index (χ0) is 8.77. The molecular weight excluding hydrogens is 198 g/mol. The van der Waals surface area contributed by atoms with Gasteiger partial charge in [0.25, 0.3) is 0 Å². The van der Waals surface area contributed by atoms with Gasteiger partial charge in [0.1, 0.15) is 10.2 Å². The molecule has 3 heteroatoms. The Morgan fingerprint density at radius 1 is 1.25 bits per heavy atom. The van der Waals surface area contributed by atoms with Gasteiger partial charge in [-0.15, -0.1) is 23.2 Å². The highest BCUT2D eigenvalue weighted by Crippen LogP contribution is 2.59. The van der Waals surface area contributed by atoms with Crippen molar-refractivity contribution in [2.45, 2.75) is 16.7 Å². The van der Waals surface area contributed by atoms with Crippen LogP contribution in [0, 0.1) is 5.82 Å². The Hall–Kier alpha value is -0.270. The largest absolute Gasteiger partial charge is 0.207 e. The van der Waals surface area contributed by atoms with E-state index in [4.69, 9.17) is 23.2 Å². The van der Waals surface area contributed by atoms with E-state index in [0.29, 0.717) is 0 Å². The second kappa shape index (κ2) is 2.61. The SMILES string of the molecule is Fc1ccc(C2CC2(Cl)Cl)cc1. The third-order valence-electron chi connectivity index (χ3n) is 2.10. The van der Waals surface area contributed by atoms with Gasteiger partial charge in [0.2, 0.25) is 0 Å². The highest BCUT2D eigenvalue weighted by Gasteiger charge is 2.52. The van der Waals surface area contributed by atoms with Crippen molar-refractivity contribution < 1.29 is 4.39 Å². The summed E-state index contributed by atoms with van der Waals surface area (Å²) in [7, 11) is 0. The first kappa shape index (κ1) is 8.33. The molecule has 1 atom stereocenters. The molecule has 2 rings (SSSR count). The number of rotatable bonds is 1. The van der Waals surface area contributed by atoms with Gasteiger partial charge in [0.15, 0.2) is 0 Å². The molecule has 12 heavy (non-hydrogen) atoms. The van der Waals surface area contributed by atoms with Gasteiger partial charge in [0.05, 0.1) is 0 Å². The molecule has 1 aromatic carbocycles. The van der Waals surface area contributed by atoms with Crippen LogP contribution in [0.15, 0.2) is 24.3 Å². The van der Waals surface area contributed by atoms with Crippen molar-refractivity contribution in [2.24, 2.45) is 0 Å². The number of alkyl halides is 2. The molecule has 0 saturated heterocycles. The van der Waals surface area contributed by atoms with Gasteiger partial charge < -0.3 is 0 Å². The number of hydrogen-bond donors (Lipinski definition) is 0. The van der Waals surface area contributed by atoms with Gasteiger partial charge in [-0.3, -0.25) is 0 Å². The van der Waals surface area contributed by atoms with Crippen LogP contribution in [0.3, 0.4) is 0 Å². The molecule has 0 bridgehead atoms. The summed E-state index contributed by atoms with van der Waals surface area (Å²) < 4.78 is 11.9. The quantitative estimate of drug-likeness (QED) is 0.615. The van der Waals surface area contributed by atoms with Crippen molar-refractivity contribution in [1.82, 2.24) is 0 Å². The molecule has 1 saturated carbocycles. The van der Waals surface area contributed by atoms with Crippen LogP contribution in [0.5, 0.6) is 0 Å². The summed E-state index contributed by atoms with van der Waals surface area (Å²) >= 11 is 11.7. The summed E-state index contributed by atoms with van der Waals surface area (Å²) in [6.07, 6.45) is 0.766. The average Bonchev–Trinajstić information content (AvgIpc) is 2.61. The highest BCUT2D eigenvalue weighted by molar-refractivity contribution is 6.51. The van der Waals surface area contributed by atoms with E-state index in [0.717, 1.165) is 12.0 Å². The summed E-state index contributed by atoms with van der Waals surface area (Å²) in [6.45, 7) is 0. The van der Waals surface area contributed by atoms with Crippen LogP contribution in [0.1, 0.15) is 17.9 Å². The maximum atomic E-state index is 12.5. The van der Waals surface area contributed by atoms with Crippen molar-refractivity contribution in [3.63, 3.8) is 0 Å². The second-order valence-corrected chi connectivity index (χ2v) is 4.61. The third-order valence-corrected chi connectivity index (χ3v) is 2.93. The molecule has 0 nitrogen and oxygen atoms in total. The molecule has 0 amide bonds.